The number of hydrogen-bond donors (Lipinski definition) is 7. The number of nitrogens with one attached hydrogen (secondary N) is 4. The molecule has 14 heteroatoms. The first kappa shape index (κ1) is 30.9. The van der Waals surface area contributed by atoms with Gasteiger partial charge in [0.25, 0.3) is 0 Å². The molecule has 0 radical (unpaired) electrons. The summed E-state index contributed by atoms with van der Waals surface area (Å²) in [5.41, 5.74) is 11.6. The van der Waals surface area contributed by atoms with Crippen molar-refractivity contribution in [1.29, 1.82) is 0 Å². The molecule has 9 N–H and O–H groups in total. The van der Waals surface area contributed by atoms with Crippen molar-refractivity contribution in [1.82, 2.24) is 25.9 Å². The minimum Gasteiger partial charge on any atom is -0.480 e. The van der Waals surface area contributed by atoms with Crippen LogP contribution in [0.3, 0.4) is 0 Å². The largest absolute Gasteiger partial charge is 0.480 e. The maximum absolute atomic E-state index is 13.2. The average Bonchev–Trinajstić information content (AvgIpc) is 3.35. The van der Waals surface area contributed by atoms with E-state index in [1.54, 1.807) is 18.7 Å². The molecule has 0 bridgehead atoms. The SMILES string of the molecule is CCC(C)C(NC(=O)C(N)CCSC)C(=O)NC(CCC(N)=O)C(=O)NC(Cc1cnc[nH]1)C(=O)O. The van der Waals surface area contributed by atoms with Gasteiger partial charge in [-0.3, -0.25) is 19.2 Å². The Morgan fingerprint density at radius 2 is 1.75 bits per heavy atom. The first-order valence-corrected chi connectivity index (χ1v) is 13.0. The minimum atomic E-state index is -1.31. The lowest BCUT2D eigenvalue weighted by Gasteiger charge is -2.28. The highest BCUT2D eigenvalue weighted by atomic mass is 32.2. The molecule has 0 fully saturated rings. The number of rotatable bonds is 17. The lowest BCUT2D eigenvalue weighted by atomic mass is 9.97. The molecule has 36 heavy (non-hydrogen) atoms. The van der Waals surface area contributed by atoms with Crippen LogP contribution in [0.15, 0.2) is 12.5 Å². The normalized spacial score (nSPS) is 15.1. The van der Waals surface area contributed by atoms with Crippen LogP contribution in [0.2, 0.25) is 0 Å². The third-order valence-electron chi connectivity index (χ3n) is 5.67. The monoisotopic (exact) mass is 527 g/mol. The fraction of sp³-hybridized carbons (Fsp3) is 0.636. The second-order valence-corrected chi connectivity index (χ2v) is 9.49. The molecule has 5 unspecified atom stereocenters. The van der Waals surface area contributed by atoms with E-state index < -0.39 is 53.8 Å². The molecule has 0 saturated carbocycles. The summed E-state index contributed by atoms with van der Waals surface area (Å²) < 4.78 is 0. The molecule has 0 aliphatic heterocycles. The van der Waals surface area contributed by atoms with Gasteiger partial charge in [-0.1, -0.05) is 20.3 Å². The molecule has 1 heterocycles. The van der Waals surface area contributed by atoms with E-state index in [-0.39, 0.29) is 25.2 Å². The molecule has 202 valence electrons. The van der Waals surface area contributed by atoms with E-state index in [0.29, 0.717) is 24.3 Å². The van der Waals surface area contributed by atoms with Crippen LogP contribution in [0, 0.1) is 5.92 Å². The molecule has 1 rings (SSSR count). The summed E-state index contributed by atoms with van der Waals surface area (Å²) in [6.07, 6.45) is 5.22. The Balaban J connectivity index is 3.01. The Morgan fingerprint density at radius 3 is 2.28 bits per heavy atom. The number of hydrogen-bond acceptors (Lipinski definition) is 8. The van der Waals surface area contributed by atoms with Crippen LogP contribution in [0.25, 0.3) is 0 Å². The maximum Gasteiger partial charge on any atom is 0.326 e. The van der Waals surface area contributed by atoms with E-state index in [4.69, 9.17) is 11.5 Å². The Kier molecular flexibility index (Phi) is 13.5. The van der Waals surface area contributed by atoms with Gasteiger partial charge < -0.3 is 37.5 Å². The molecule has 5 atom stereocenters. The smallest absolute Gasteiger partial charge is 0.326 e. The fourth-order valence-electron chi connectivity index (χ4n) is 3.24. The first-order valence-electron chi connectivity index (χ1n) is 11.6. The van der Waals surface area contributed by atoms with E-state index >= 15 is 0 Å². The third-order valence-corrected chi connectivity index (χ3v) is 6.31. The summed E-state index contributed by atoms with van der Waals surface area (Å²) in [6, 6.07) is -4.37. The number of primary amides is 1. The molecule has 4 amide bonds. The number of nitrogens with two attached hydrogens (primary N) is 2. The molecule has 13 nitrogen and oxygen atoms in total. The average molecular weight is 528 g/mol. The number of aliphatic carboxylic acids is 1. The highest BCUT2D eigenvalue weighted by Gasteiger charge is 2.32. The fourth-order valence-corrected chi connectivity index (χ4v) is 3.73. The predicted molar refractivity (Wildman–Crippen MR) is 135 cm³/mol. The number of carboxylic acids is 1. The summed E-state index contributed by atoms with van der Waals surface area (Å²) in [6.45, 7) is 3.61. The minimum absolute atomic E-state index is 0.0724. The number of thioether (sulfide) groups is 1. The van der Waals surface area contributed by atoms with Gasteiger partial charge in [-0.15, -0.1) is 0 Å². The predicted octanol–water partition coefficient (Wildman–Crippen LogP) is -1.12. The van der Waals surface area contributed by atoms with Crippen molar-refractivity contribution in [2.45, 2.75) is 70.1 Å². The molecular formula is C22H37N7O6S. The van der Waals surface area contributed by atoms with Crippen molar-refractivity contribution in [3.63, 3.8) is 0 Å². The van der Waals surface area contributed by atoms with Gasteiger partial charge in [-0.2, -0.15) is 11.8 Å². The van der Waals surface area contributed by atoms with Crippen LogP contribution in [-0.2, 0) is 30.4 Å². The number of imidazole rings is 1. The number of carboxylic acid groups (broad SMARTS) is 1. The molecule has 0 saturated heterocycles. The summed E-state index contributed by atoms with van der Waals surface area (Å²) in [4.78, 5) is 68.3. The summed E-state index contributed by atoms with van der Waals surface area (Å²) in [5, 5.41) is 17.1. The van der Waals surface area contributed by atoms with Gasteiger partial charge in [0, 0.05) is 24.7 Å². The molecule has 0 aliphatic rings. The van der Waals surface area contributed by atoms with E-state index in [2.05, 4.69) is 25.9 Å². The van der Waals surface area contributed by atoms with E-state index in [1.165, 1.54) is 12.5 Å². The number of carbonyl (C=O) groups excluding carboxylic acids is 4. The van der Waals surface area contributed by atoms with Crippen LogP contribution in [0.5, 0.6) is 0 Å². The first-order chi connectivity index (χ1) is 17.0. The topological polar surface area (TPSA) is 222 Å². The van der Waals surface area contributed by atoms with Crippen molar-refractivity contribution in [2.75, 3.05) is 12.0 Å². The van der Waals surface area contributed by atoms with Crippen molar-refractivity contribution in [3.8, 4) is 0 Å². The van der Waals surface area contributed by atoms with Crippen LogP contribution >= 0.6 is 11.8 Å². The molecule has 0 aliphatic carbocycles. The zero-order valence-electron chi connectivity index (χ0n) is 20.8. The Bertz CT molecular complexity index is 882. The van der Waals surface area contributed by atoms with Crippen LogP contribution in [-0.4, -0.2) is 80.8 Å². The van der Waals surface area contributed by atoms with Crippen molar-refractivity contribution < 1.29 is 29.1 Å². The van der Waals surface area contributed by atoms with E-state index in [9.17, 15) is 29.1 Å². The maximum atomic E-state index is 13.2. The zero-order chi connectivity index (χ0) is 27.3. The third kappa shape index (κ3) is 10.6. The van der Waals surface area contributed by atoms with Gasteiger partial charge in [0.1, 0.15) is 18.1 Å². The second-order valence-electron chi connectivity index (χ2n) is 8.51. The van der Waals surface area contributed by atoms with Gasteiger partial charge in [0.05, 0.1) is 12.4 Å². The van der Waals surface area contributed by atoms with Gasteiger partial charge in [0.15, 0.2) is 0 Å². The number of aromatic nitrogens is 2. The number of nitrogens with zero attached hydrogens (tertiary/aromatic N) is 1. The standard InChI is InChI=1S/C22H37N7O6S/c1-4-12(2)18(29-19(31)14(23)7-8-36-3)21(33)27-15(5-6-17(24)30)20(32)28-16(22(34)35)9-13-10-25-11-26-13/h10-12,14-16,18H,4-9,23H2,1-3H3,(H2,24,30)(H,25,26)(H,27,33)(H,28,32)(H,29,31)(H,34,35). The summed E-state index contributed by atoms with van der Waals surface area (Å²) in [5.74, 6) is -3.56. The highest BCUT2D eigenvalue weighted by Crippen LogP contribution is 2.11. The van der Waals surface area contributed by atoms with Crippen molar-refractivity contribution >= 4 is 41.4 Å². The van der Waals surface area contributed by atoms with Gasteiger partial charge >= 0.3 is 5.97 Å². The van der Waals surface area contributed by atoms with Crippen LogP contribution in [0.4, 0.5) is 0 Å². The molecule has 1 aromatic rings. The number of carbonyl (C=O) groups is 5. The zero-order valence-corrected chi connectivity index (χ0v) is 21.6. The lowest BCUT2D eigenvalue weighted by molar-refractivity contribution is -0.142. The number of H-pyrrole nitrogens is 1. The molecule has 0 aromatic carbocycles. The van der Waals surface area contributed by atoms with E-state index in [1.807, 2.05) is 13.2 Å². The van der Waals surface area contributed by atoms with Crippen molar-refractivity contribution in [2.24, 2.45) is 17.4 Å². The Labute approximate surface area is 214 Å². The van der Waals surface area contributed by atoms with Crippen LogP contribution < -0.4 is 27.4 Å². The van der Waals surface area contributed by atoms with Gasteiger partial charge in [-0.05, 0) is 30.8 Å². The summed E-state index contributed by atoms with van der Waals surface area (Å²) >= 11 is 1.54. The Hall–Kier alpha value is -3.13. The number of aromatic amines is 1. The summed E-state index contributed by atoms with van der Waals surface area (Å²) in [7, 11) is 0. The van der Waals surface area contributed by atoms with Crippen molar-refractivity contribution in [3.05, 3.63) is 18.2 Å². The second kappa shape index (κ2) is 15.8. The van der Waals surface area contributed by atoms with Crippen LogP contribution in [0.1, 0.15) is 45.2 Å². The highest BCUT2D eigenvalue weighted by molar-refractivity contribution is 7.98. The molecule has 0 spiro atoms. The Morgan fingerprint density at radius 1 is 1.08 bits per heavy atom. The molecule has 1 aromatic heterocycles. The molecular weight excluding hydrogens is 490 g/mol. The quantitative estimate of drug-likeness (QED) is 0.130. The number of amides is 4. The van der Waals surface area contributed by atoms with E-state index in [0.717, 1.165) is 0 Å². The van der Waals surface area contributed by atoms with Gasteiger partial charge in [-0.25, -0.2) is 9.78 Å². The lowest BCUT2D eigenvalue weighted by Crippen LogP contribution is -2.58. The van der Waals surface area contributed by atoms with Gasteiger partial charge in [0.2, 0.25) is 23.6 Å².